The summed E-state index contributed by atoms with van der Waals surface area (Å²) in [5.41, 5.74) is 1.60. The lowest BCUT2D eigenvalue weighted by atomic mass is 10.2. The Hall–Kier alpha value is -1.20. The van der Waals surface area contributed by atoms with Crippen LogP contribution < -0.4 is 5.32 Å². The summed E-state index contributed by atoms with van der Waals surface area (Å²) in [6.45, 7) is 2.73. The van der Waals surface area contributed by atoms with E-state index in [1.54, 1.807) is 24.5 Å². The third-order valence-corrected chi connectivity index (χ3v) is 3.63. The van der Waals surface area contributed by atoms with Crippen LogP contribution in [0.1, 0.15) is 11.3 Å². The molecule has 114 valence electrons. The molecule has 0 amide bonds. The highest BCUT2D eigenvalue weighted by molar-refractivity contribution is 6.35. The molecule has 0 radical (unpaired) electrons. The van der Waals surface area contributed by atoms with E-state index in [1.165, 1.54) is 0 Å². The Morgan fingerprint density at radius 3 is 2.86 bits per heavy atom. The summed E-state index contributed by atoms with van der Waals surface area (Å²) in [6, 6.07) is 7.14. The number of ether oxygens (including phenoxy) is 1. The minimum atomic E-state index is -0.656. The van der Waals surface area contributed by atoms with E-state index < -0.39 is 6.10 Å². The van der Waals surface area contributed by atoms with Crippen molar-refractivity contribution in [3.8, 4) is 0 Å². The van der Waals surface area contributed by atoms with Gasteiger partial charge in [-0.1, -0.05) is 23.2 Å². The second-order valence-electron chi connectivity index (χ2n) is 4.71. The Bertz CT molecular complexity index is 573. The molecule has 0 saturated carbocycles. The Labute approximate surface area is 133 Å². The maximum absolute atomic E-state index is 9.86. The Kier molecular flexibility index (Phi) is 5.94. The lowest BCUT2D eigenvalue weighted by molar-refractivity contribution is 0.0282. The van der Waals surface area contributed by atoms with E-state index in [0.29, 0.717) is 28.9 Å². The highest BCUT2D eigenvalue weighted by atomic mass is 35.5. The van der Waals surface area contributed by atoms with Crippen molar-refractivity contribution in [1.82, 2.24) is 0 Å². The van der Waals surface area contributed by atoms with Crippen molar-refractivity contribution in [3.63, 3.8) is 0 Å². The predicted molar refractivity (Wildman–Crippen MR) is 84.1 cm³/mol. The number of aryl methyl sites for hydroxylation is 1. The van der Waals surface area contributed by atoms with Crippen molar-refractivity contribution in [2.75, 3.05) is 18.5 Å². The monoisotopic (exact) mass is 329 g/mol. The standard InChI is InChI=1S/C15H17Cl2NO3/c1-10-5-14(17)15(6-13(10)16)18-7-11(19)8-20-9-12-3-2-4-21-12/h2-6,11,18-19H,7-9H2,1H3. The van der Waals surface area contributed by atoms with Crippen LogP contribution in [-0.4, -0.2) is 24.4 Å². The first-order valence-electron chi connectivity index (χ1n) is 6.54. The van der Waals surface area contributed by atoms with Crippen LogP contribution in [-0.2, 0) is 11.3 Å². The van der Waals surface area contributed by atoms with Crippen LogP contribution in [0.4, 0.5) is 5.69 Å². The lowest BCUT2D eigenvalue weighted by Gasteiger charge is -2.14. The zero-order valence-corrected chi connectivity index (χ0v) is 13.1. The van der Waals surface area contributed by atoms with Gasteiger partial charge in [-0.25, -0.2) is 0 Å². The van der Waals surface area contributed by atoms with Crippen molar-refractivity contribution < 1.29 is 14.3 Å². The molecule has 6 heteroatoms. The molecule has 2 N–H and O–H groups in total. The van der Waals surface area contributed by atoms with Gasteiger partial charge in [0.2, 0.25) is 0 Å². The molecule has 1 heterocycles. The van der Waals surface area contributed by atoms with Crippen molar-refractivity contribution in [2.45, 2.75) is 19.6 Å². The van der Waals surface area contributed by atoms with Crippen LogP contribution in [0.2, 0.25) is 10.0 Å². The first kappa shape index (κ1) is 16.2. The zero-order chi connectivity index (χ0) is 15.2. The molecule has 1 aromatic heterocycles. The first-order valence-corrected chi connectivity index (χ1v) is 7.29. The second kappa shape index (κ2) is 7.71. The minimum absolute atomic E-state index is 0.199. The number of anilines is 1. The van der Waals surface area contributed by atoms with Gasteiger partial charge in [-0.3, -0.25) is 0 Å². The van der Waals surface area contributed by atoms with E-state index in [9.17, 15) is 5.11 Å². The van der Waals surface area contributed by atoms with Gasteiger partial charge in [-0.05, 0) is 36.8 Å². The molecule has 21 heavy (non-hydrogen) atoms. The van der Waals surface area contributed by atoms with Crippen molar-refractivity contribution in [3.05, 3.63) is 51.9 Å². The maximum atomic E-state index is 9.86. The van der Waals surface area contributed by atoms with Gasteiger partial charge < -0.3 is 19.6 Å². The number of furan rings is 1. The van der Waals surface area contributed by atoms with Gasteiger partial charge in [0.05, 0.1) is 29.7 Å². The molecule has 2 rings (SSSR count). The first-order chi connectivity index (χ1) is 10.1. The number of benzene rings is 1. The summed E-state index contributed by atoms with van der Waals surface area (Å²) in [5.74, 6) is 0.725. The third-order valence-electron chi connectivity index (χ3n) is 2.91. The number of aliphatic hydroxyl groups excluding tert-OH is 1. The van der Waals surface area contributed by atoms with Crippen LogP contribution in [0.25, 0.3) is 0 Å². The molecule has 1 unspecified atom stereocenters. The molecular weight excluding hydrogens is 313 g/mol. The van der Waals surface area contributed by atoms with Crippen LogP contribution in [0.5, 0.6) is 0 Å². The molecule has 0 aliphatic carbocycles. The molecule has 1 atom stereocenters. The van der Waals surface area contributed by atoms with Gasteiger partial charge >= 0.3 is 0 Å². The van der Waals surface area contributed by atoms with Crippen LogP contribution in [0.15, 0.2) is 34.9 Å². The van der Waals surface area contributed by atoms with Crippen LogP contribution in [0.3, 0.4) is 0 Å². The molecule has 4 nitrogen and oxygen atoms in total. The van der Waals surface area contributed by atoms with Crippen LogP contribution in [0, 0.1) is 6.92 Å². The quantitative estimate of drug-likeness (QED) is 0.809. The molecule has 2 aromatic rings. The normalized spacial score (nSPS) is 12.4. The van der Waals surface area contributed by atoms with Crippen molar-refractivity contribution in [2.24, 2.45) is 0 Å². The lowest BCUT2D eigenvalue weighted by Crippen LogP contribution is -2.24. The highest BCUT2D eigenvalue weighted by Crippen LogP contribution is 2.28. The van der Waals surface area contributed by atoms with E-state index in [4.69, 9.17) is 32.4 Å². The number of halogens is 2. The number of hydrogen-bond donors (Lipinski definition) is 2. The fourth-order valence-electron chi connectivity index (χ4n) is 1.76. The molecule has 0 fully saturated rings. The van der Waals surface area contributed by atoms with E-state index in [-0.39, 0.29) is 6.61 Å². The van der Waals surface area contributed by atoms with Gasteiger partial charge in [0.25, 0.3) is 0 Å². The molecular formula is C15H17Cl2NO3. The summed E-state index contributed by atoms with van der Waals surface area (Å²) < 4.78 is 10.5. The van der Waals surface area contributed by atoms with Crippen LogP contribution >= 0.6 is 23.2 Å². The molecule has 0 aliphatic rings. The Morgan fingerprint density at radius 2 is 2.14 bits per heavy atom. The summed E-state index contributed by atoms with van der Waals surface area (Å²) in [5, 5.41) is 14.1. The summed E-state index contributed by atoms with van der Waals surface area (Å²) in [4.78, 5) is 0. The average Bonchev–Trinajstić information content (AvgIpc) is 2.94. The van der Waals surface area contributed by atoms with Gasteiger partial charge in [-0.2, -0.15) is 0 Å². The Morgan fingerprint density at radius 1 is 1.33 bits per heavy atom. The number of aliphatic hydroxyl groups is 1. The summed E-state index contributed by atoms with van der Waals surface area (Å²) >= 11 is 12.2. The molecule has 0 aliphatic heterocycles. The van der Waals surface area contributed by atoms with Gasteiger partial charge in [0, 0.05) is 11.6 Å². The molecule has 0 saturated heterocycles. The molecule has 1 aromatic carbocycles. The number of nitrogens with one attached hydrogen (secondary N) is 1. The fourth-order valence-corrected chi connectivity index (χ4v) is 2.21. The van der Waals surface area contributed by atoms with E-state index >= 15 is 0 Å². The van der Waals surface area contributed by atoms with E-state index in [2.05, 4.69) is 5.32 Å². The van der Waals surface area contributed by atoms with Crippen molar-refractivity contribution >= 4 is 28.9 Å². The molecule has 0 bridgehead atoms. The maximum Gasteiger partial charge on any atom is 0.129 e. The largest absolute Gasteiger partial charge is 0.467 e. The summed E-state index contributed by atoms with van der Waals surface area (Å²) in [7, 11) is 0. The van der Waals surface area contributed by atoms with Gasteiger partial charge in [0.1, 0.15) is 12.4 Å². The minimum Gasteiger partial charge on any atom is -0.467 e. The van der Waals surface area contributed by atoms with Crippen molar-refractivity contribution in [1.29, 1.82) is 0 Å². The molecule has 0 spiro atoms. The van der Waals surface area contributed by atoms with E-state index in [1.807, 2.05) is 13.0 Å². The Balaban J connectivity index is 1.76. The smallest absolute Gasteiger partial charge is 0.129 e. The number of hydrogen-bond acceptors (Lipinski definition) is 4. The average molecular weight is 330 g/mol. The fraction of sp³-hybridized carbons (Fsp3) is 0.333. The zero-order valence-electron chi connectivity index (χ0n) is 11.6. The SMILES string of the molecule is Cc1cc(Cl)c(NCC(O)COCc2ccco2)cc1Cl. The predicted octanol–water partition coefficient (Wildman–Crippen LogP) is 3.88. The number of rotatable bonds is 7. The van der Waals surface area contributed by atoms with Gasteiger partial charge in [0.15, 0.2) is 0 Å². The topological polar surface area (TPSA) is 54.6 Å². The second-order valence-corrected chi connectivity index (χ2v) is 5.52. The van der Waals surface area contributed by atoms with Gasteiger partial charge in [-0.15, -0.1) is 0 Å². The van der Waals surface area contributed by atoms with E-state index in [0.717, 1.165) is 11.3 Å². The summed E-state index contributed by atoms with van der Waals surface area (Å²) in [6.07, 6.45) is 0.927. The highest BCUT2D eigenvalue weighted by Gasteiger charge is 2.08. The third kappa shape index (κ3) is 4.93.